The number of carbonyl (C=O) groups is 2. The van der Waals surface area contributed by atoms with Gasteiger partial charge in [0.1, 0.15) is 11.9 Å². The molecule has 1 unspecified atom stereocenters. The van der Waals surface area contributed by atoms with Crippen molar-refractivity contribution >= 4 is 11.9 Å². The molecule has 1 aromatic rings. The number of carboxylic acids is 1. The molecule has 0 radical (unpaired) electrons. The minimum Gasteiger partial charge on any atom is -0.497 e. The van der Waals surface area contributed by atoms with Gasteiger partial charge in [-0.05, 0) is 37.5 Å². The highest BCUT2D eigenvalue weighted by Crippen LogP contribution is 2.22. The van der Waals surface area contributed by atoms with Gasteiger partial charge in [-0.25, -0.2) is 4.79 Å². The number of methoxy groups -OCH3 is 1. The summed E-state index contributed by atoms with van der Waals surface area (Å²) in [5.41, 5.74) is 0.942. The third kappa shape index (κ3) is 3.72. The Morgan fingerprint density at radius 1 is 1.29 bits per heavy atom. The molecule has 21 heavy (non-hydrogen) atoms. The third-order valence-electron chi connectivity index (χ3n) is 3.56. The van der Waals surface area contributed by atoms with Gasteiger partial charge in [0.05, 0.1) is 13.2 Å². The summed E-state index contributed by atoms with van der Waals surface area (Å²) >= 11 is 0. The van der Waals surface area contributed by atoms with Gasteiger partial charge < -0.3 is 19.9 Å². The Hall–Kier alpha value is -2.08. The standard InChI is InChI=1S/C15H19NO5/c1-9(10-3-5-11(20-2)6-4-10)16-14(17)12-7-8-13(21-12)15(18)19/h3-6,9,12-13H,7-8H2,1-2H3,(H,16,17)(H,18,19)/t9?,12-,13+/m0/s1. The molecule has 0 aromatic heterocycles. The number of rotatable bonds is 5. The fourth-order valence-electron chi connectivity index (χ4n) is 2.29. The average Bonchev–Trinajstić information content (AvgIpc) is 2.97. The van der Waals surface area contributed by atoms with Crippen molar-refractivity contribution < 1.29 is 24.2 Å². The molecule has 1 amide bonds. The van der Waals surface area contributed by atoms with E-state index in [1.165, 1.54) is 0 Å². The van der Waals surface area contributed by atoms with Gasteiger partial charge in [-0.1, -0.05) is 12.1 Å². The van der Waals surface area contributed by atoms with E-state index < -0.39 is 18.2 Å². The monoisotopic (exact) mass is 293 g/mol. The lowest BCUT2D eigenvalue weighted by molar-refractivity contribution is -0.151. The second kappa shape index (κ2) is 6.58. The molecule has 1 heterocycles. The Bertz CT molecular complexity index is 513. The maximum atomic E-state index is 12.1. The number of aliphatic carboxylic acids is 1. The van der Waals surface area contributed by atoms with Gasteiger partial charge in [0.2, 0.25) is 5.91 Å². The number of carboxylic acid groups (broad SMARTS) is 1. The second-order valence-corrected chi connectivity index (χ2v) is 5.03. The molecule has 2 N–H and O–H groups in total. The van der Waals surface area contributed by atoms with Crippen molar-refractivity contribution in [1.82, 2.24) is 5.32 Å². The summed E-state index contributed by atoms with van der Waals surface area (Å²) < 4.78 is 10.3. The lowest BCUT2D eigenvalue weighted by Gasteiger charge is -2.18. The SMILES string of the molecule is COc1ccc(C(C)NC(=O)[C@@H]2CC[C@H](C(=O)O)O2)cc1. The fraction of sp³-hybridized carbons (Fsp3) is 0.467. The molecule has 1 aliphatic heterocycles. The molecular weight excluding hydrogens is 274 g/mol. The van der Waals surface area contributed by atoms with Crippen molar-refractivity contribution in [3.05, 3.63) is 29.8 Å². The van der Waals surface area contributed by atoms with E-state index in [1.54, 1.807) is 7.11 Å². The van der Waals surface area contributed by atoms with Crippen LogP contribution in [-0.2, 0) is 14.3 Å². The number of ether oxygens (including phenoxy) is 2. The van der Waals surface area contributed by atoms with E-state index in [2.05, 4.69) is 5.32 Å². The Labute approximate surface area is 123 Å². The molecule has 0 saturated carbocycles. The summed E-state index contributed by atoms with van der Waals surface area (Å²) in [5, 5.41) is 11.7. The molecule has 3 atom stereocenters. The van der Waals surface area contributed by atoms with Gasteiger partial charge in [-0.3, -0.25) is 4.79 Å². The largest absolute Gasteiger partial charge is 0.497 e. The van der Waals surface area contributed by atoms with E-state index in [9.17, 15) is 9.59 Å². The van der Waals surface area contributed by atoms with Crippen molar-refractivity contribution in [1.29, 1.82) is 0 Å². The summed E-state index contributed by atoms with van der Waals surface area (Å²) in [5.74, 6) is -0.545. The first-order valence-corrected chi connectivity index (χ1v) is 6.84. The molecule has 0 aliphatic carbocycles. The molecule has 1 saturated heterocycles. The van der Waals surface area contributed by atoms with Gasteiger partial charge in [-0.15, -0.1) is 0 Å². The zero-order valence-electron chi connectivity index (χ0n) is 12.0. The van der Waals surface area contributed by atoms with E-state index >= 15 is 0 Å². The van der Waals surface area contributed by atoms with Crippen LogP contribution in [0.15, 0.2) is 24.3 Å². The fourth-order valence-corrected chi connectivity index (χ4v) is 2.29. The van der Waals surface area contributed by atoms with E-state index in [0.29, 0.717) is 12.8 Å². The van der Waals surface area contributed by atoms with E-state index in [1.807, 2.05) is 31.2 Å². The van der Waals surface area contributed by atoms with E-state index in [0.717, 1.165) is 11.3 Å². The molecular formula is C15H19NO5. The maximum absolute atomic E-state index is 12.1. The van der Waals surface area contributed by atoms with Crippen molar-refractivity contribution in [3.63, 3.8) is 0 Å². The van der Waals surface area contributed by atoms with Crippen LogP contribution < -0.4 is 10.1 Å². The highest BCUT2D eigenvalue weighted by atomic mass is 16.5. The Kier molecular flexibility index (Phi) is 4.80. The number of hydrogen-bond acceptors (Lipinski definition) is 4. The van der Waals surface area contributed by atoms with Crippen molar-refractivity contribution in [2.75, 3.05) is 7.11 Å². The van der Waals surface area contributed by atoms with Gasteiger partial charge in [-0.2, -0.15) is 0 Å². The predicted molar refractivity (Wildman–Crippen MR) is 75.1 cm³/mol. The first-order chi connectivity index (χ1) is 10.0. The lowest BCUT2D eigenvalue weighted by atomic mass is 10.1. The highest BCUT2D eigenvalue weighted by Gasteiger charge is 2.35. The van der Waals surface area contributed by atoms with Crippen LogP contribution in [0.1, 0.15) is 31.4 Å². The quantitative estimate of drug-likeness (QED) is 0.859. The molecule has 114 valence electrons. The Morgan fingerprint density at radius 2 is 1.90 bits per heavy atom. The van der Waals surface area contributed by atoms with Gasteiger partial charge in [0.25, 0.3) is 0 Å². The summed E-state index contributed by atoms with van der Waals surface area (Å²) in [7, 11) is 1.59. The summed E-state index contributed by atoms with van der Waals surface area (Å²) in [6, 6.07) is 7.21. The number of benzene rings is 1. The zero-order chi connectivity index (χ0) is 15.4. The van der Waals surface area contributed by atoms with Crippen molar-refractivity contribution in [3.8, 4) is 5.75 Å². The smallest absolute Gasteiger partial charge is 0.332 e. The predicted octanol–water partition coefficient (Wildman–Crippen LogP) is 1.50. The van der Waals surface area contributed by atoms with E-state index in [4.69, 9.17) is 14.6 Å². The van der Waals surface area contributed by atoms with Crippen LogP contribution >= 0.6 is 0 Å². The van der Waals surface area contributed by atoms with Crippen LogP contribution in [0.2, 0.25) is 0 Å². The lowest BCUT2D eigenvalue weighted by Crippen LogP contribution is -2.37. The molecule has 6 nitrogen and oxygen atoms in total. The Morgan fingerprint density at radius 3 is 2.43 bits per heavy atom. The first-order valence-electron chi connectivity index (χ1n) is 6.84. The van der Waals surface area contributed by atoms with Gasteiger partial charge in [0.15, 0.2) is 6.10 Å². The van der Waals surface area contributed by atoms with Gasteiger partial charge >= 0.3 is 5.97 Å². The molecule has 1 aliphatic rings. The Balaban J connectivity index is 1.91. The normalized spacial score (nSPS) is 22.6. The summed E-state index contributed by atoms with van der Waals surface area (Å²) in [6.45, 7) is 1.86. The summed E-state index contributed by atoms with van der Waals surface area (Å²) in [4.78, 5) is 22.9. The van der Waals surface area contributed by atoms with Crippen molar-refractivity contribution in [2.24, 2.45) is 0 Å². The van der Waals surface area contributed by atoms with Crippen LogP contribution in [0.3, 0.4) is 0 Å². The second-order valence-electron chi connectivity index (χ2n) is 5.03. The maximum Gasteiger partial charge on any atom is 0.332 e. The number of hydrogen-bond donors (Lipinski definition) is 2. The minimum atomic E-state index is -1.02. The topological polar surface area (TPSA) is 84.9 Å². The minimum absolute atomic E-state index is 0.184. The number of amides is 1. The molecule has 1 aromatic carbocycles. The first kappa shape index (κ1) is 15.3. The van der Waals surface area contributed by atoms with Crippen LogP contribution in [-0.4, -0.2) is 36.3 Å². The molecule has 1 fully saturated rings. The van der Waals surface area contributed by atoms with E-state index in [-0.39, 0.29) is 11.9 Å². The number of nitrogens with one attached hydrogen (secondary N) is 1. The average molecular weight is 293 g/mol. The van der Waals surface area contributed by atoms with Gasteiger partial charge in [0, 0.05) is 0 Å². The van der Waals surface area contributed by atoms with Crippen LogP contribution in [0, 0.1) is 0 Å². The number of carbonyl (C=O) groups excluding carboxylic acids is 1. The van der Waals surface area contributed by atoms with Crippen LogP contribution in [0.5, 0.6) is 5.75 Å². The molecule has 6 heteroatoms. The van der Waals surface area contributed by atoms with Crippen LogP contribution in [0.25, 0.3) is 0 Å². The third-order valence-corrected chi connectivity index (χ3v) is 3.56. The molecule has 0 spiro atoms. The summed E-state index contributed by atoms with van der Waals surface area (Å²) in [6.07, 6.45) is -0.772. The van der Waals surface area contributed by atoms with Crippen LogP contribution in [0.4, 0.5) is 0 Å². The molecule has 0 bridgehead atoms. The highest BCUT2D eigenvalue weighted by molar-refractivity contribution is 5.83. The molecule has 2 rings (SSSR count). The van der Waals surface area contributed by atoms with Crippen molar-refractivity contribution in [2.45, 2.75) is 38.0 Å². The zero-order valence-corrected chi connectivity index (χ0v) is 12.0.